The first-order valence-corrected chi connectivity index (χ1v) is 10.3. The molecule has 0 atom stereocenters. The molecule has 0 bridgehead atoms. The molecule has 0 nitrogen and oxygen atoms in total. The van der Waals surface area contributed by atoms with Crippen LogP contribution in [-0.2, 0) is 6.42 Å². The highest BCUT2D eigenvalue weighted by atomic mass is 32.1. The van der Waals surface area contributed by atoms with Gasteiger partial charge in [0.05, 0.1) is 0 Å². The van der Waals surface area contributed by atoms with Gasteiger partial charge in [0.15, 0.2) is 0 Å². The number of hydrogen-bond acceptors (Lipinski definition) is 1. The molecule has 3 aromatic rings. The molecule has 1 aliphatic carbocycles. The van der Waals surface area contributed by atoms with E-state index in [0.29, 0.717) is 0 Å². The van der Waals surface area contributed by atoms with Crippen molar-refractivity contribution in [3.05, 3.63) is 58.7 Å². The van der Waals surface area contributed by atoms with E-state index in [1.54, 1.807) is 0 Å². The van der Waals surface area contributed by atoms with Crippen LogP contribution < -0.4 is 0 Å². The maximum absolute atomic E-state index is 3.30. The van der Waals surface area contributed by atoms with Crippen molar-refractivity contribution in [2.45, 2.75) is 46.0 Å². The summed E-state index contributed by atoms with van der Waals surface area (Å²) in [5.74, 6) is 13.1. The molecule has 128 valence electrons. The Morgan fingerprint density at radius 3 is 2.31 bits per heavy atom. The van der Waals surface area contributed by atoms with Gasteiger partial charge in [-0.25, -0.2) is 0 Å². The van der Waals surface area contributed by atoms with Crippen molar-refractivity contribution in [3.8, 4) is 34.1 Å². The van der Waals surface area contributed by atoms with Gasteiger partial charge in [-0.1, -0.05) is 49.7 Å². The largest absolute Gasteiger partial charge is 0.135 e. The van der Waals surface area contributed by atoms with Crippen molar-refractivity contribution in [2.24, 2.45) is 0 Å². The molecule has 0 aliphatic heterocycles. The minimum atomic E-state index is 0.968. The number of unbranched alkanes of at least 4 members (excludes halogenated alkanes) is 2. The molecule has 26 heavy (non-hydrogen) atoms. The topological polar surface area (TPSA) is 0 Å². The predicted octanol–water partition coefficient (Wildman–Crippen LogP) is 6.78. The third-order valence-electron chi connectivity index (χ3n) is 4.73. The molecule has 4 rings (SSSR count). The fourth-order valence-electron chi connectivity index (χ4n) is 3.43. The van der Waals surface area contributed by atoms with E-state index >= 15 is 0 Å². The molecule has 0 saturated heterocycles. The molecular formula is C25H22S. The van der Waals surface area contributed by atoms with Crippen molar-refractivity contribution in [2.75, 3.05) is 0 Å². The first kappa shape index (κ1) is 17.0. The van der Waals surface area contributed by atoms with Crippen LogP contribution in [0.25, 0.3) is 20.5 Å². The van der Waals surface area contributed by atoms with Crippen LogP contribution in [0, 0.1) is 23.7 Å². The van der Waals surface area contributed by atoms with Gasteiger partial charge in [-0.3, -0.25) is 0 Å². The summed E-state index contributed by atoms with van der Waals surface area (Å²) >= 11 is 1.91. The molecular weight excluding hydrogens is 332 g/mol. The zero-order valence-electron chi connectivity index (χ0n) is 15.4. The monoisotopic (exact) mass is 354 g/mol. The van der Waals surface area contributed by atoms with E-state index in [9.17, 15) is 0 Å². The molecule has 0 spiro atoms. The molecule has 0 unspecified atom stereocenters. The molecule has 1 aromatic heterocycles. The first-order valence-electron chi connectivity index (χ1n) is 9.46. The van der Waals surface area contributed by atoms with E-state index in [1.807, 2.05) is 11.3 Å². The van der Waals surface area contributed by atoms with E-state index in [1.165, 1.54) is 31.7 Å². The van der Waals surface area contributed by atoms with Gasteiger partial charge in [0.25, 0.3) is 0 Å². The highest BCUT2D eigenvalue weighted by Crippen LogP contribution is 2.46. The summed E-state index contributed by atoms with van der Waals surface area (Å²) in [6.07, 6.45) is 5.19. The highest BCUT2D eigenvalue weighted by molar-refractivity contribution is 7.22. The lowest BCUT2D eigenvalue weighted by atomic mass is 10.1. The van der Waals surface area contributed by atoms with Gasteiger partial charge in [-0.2, -0.15) is 0 Å². The molecule has 0 radical (unpaired) electrons. The lowest BCUT2D eigenvalue weighted by Crippen LogP contribution is -1.84. The molecule has 0 amide bonds. The number of thiophene rings is 1. The maximum Gasteiger partial charge on any atom is 0.0393 e. The third kappa shape index (κ3) is 3.16. The second kappa shape index (κ2) is 7.41. The van der Waals surface area contributed by atoms with E-state index in [2.05, 4.69) is 73.9 Å². The second-order valence-electron chi connectivity index (χ2n) is 6.77. The van der Waals surface area contributed by atoms with E-state index in [-0.39, 0.29) is 0 Å². The Balaban J connectivity index is 1.69. The van der Waals surface area contributed by atoms with Crippen molar-refractivity contribution >= 4 is 21.4 Å². The zero-order chi connectivity index (χ0) is 17.9. The Bertz CT molecular complexity index is 1090. The van der Waals surface area contributed by atoms with Crippen LogP contribution in [0.1, 0.15) is 61.8 Å². The summed E-state index contributed by atoms with van der Waals surface area (Å²) in [5, 5.41) is 1.39. The minimum Gasteiger partial charge on any atom is -0.135 e. The predicted molar refractivity (Wildman–Crippen MR) is 114 cm³/mol. The molecule has 1 heteroatoms. The number of rotatable bonds is 2. The van der Waals surface area contributed by atoms with Crippen molar-refractivity contribution in [1.82, 2.24) is 0 Å². The van der Waals surface area contributed by atoms with Crippen molar-refractivity contribution in [3.63, 3.8) is 0 Å². The lowest BCUT2D eigenvalue weighted by Gasteiger charge is -2.01. The van der Waals surface area contributed by atoms with Crippen LogP contribution in [0.5, 0.6) is 0 Å². The number of fused-ring (bicyclic) bond motifs is 5. The van der Waals surface area contributed by atoms with Gasteiger partial charge in [0.2, 0.25) is 0 Å². The van der Waals surface area contributed by atoms with Crippen LogP contribution in [0.2, 0.25) is 0 Å². The summed E-state index contributed by atoms with van der Waals surface area (Å²) in [7, 11) is 0. The third-order valence-corrected chi connectivity index (χ3v) is 5.95. The Hall–Kier alpha value is -2.48. The van der Waals surface area contributed by atoms with Gasteiger partial charge in [0.1, 0.15) is 0 Å². The Morgan fingerprint density at radius 2 is 1.58 bits per heavy atom. The second-order valence-corrected chi connectivity index (χ2v) is 7.83. The maximum atomic E-state index is 3.30. The lowest BCUT2D eigenvalue weighted by molar-refractivity contribution is 0.983. The molecule has 0 saturated carbocycles. The smallest absolute Gasteiger partial charge is 0.0393 e. The van der Waals surface area contributed by atoms with E-state index in [0.717, 1.165) is 43.2 Å². The summed E-state index contributed by atoms with van der Waals surface area (Å²) in [6, 6.07) is 13.4. The fourth-order valence-corrected chi connectivity index (χ4v) is 4.75. The van der Waals surface area contributed by atoms with Gasteiger partial charge in [-0.05, 0) is 59.2 Å². The minimum absolute atomic E-state index is 0.968. The van der Waals surface area contributed by atoms with Crippen LogP contribution in [0.15, 0.2) is 36.4 Å². The van der Waals surface area contributed by atoms with Gasteiger partial charge < -0.3 is 0 Å². The van der Waals surface area contributed by atoms with E-state index in [4.69, 9.17) is 0 Å². The normalized spacial score (nSPS) is 11.3. The van der Waals surface area contributed by atoms with Gasteiger partial charge in [-0.15, -0.1) is 11.3 Å². The SMILES string of the molecule is CCCC#Cc1ccc2c(c1)Cc1c-2sc2cc(C#CCCC)ccc12. The highest BCUT2D eigenvalue weighted by Gasteiger charge is 2.23. The summed E-state index contributed by atoms with van der Waals surface area (Å²) in [6.45, 7) is 4.33. The number of hydrogen-bond donors (Lipinski definition) is 0. The fraction of sp³-hybridized carbons (Fsp3) is 0.280. The molecule has 0 N–H and O–H groups in total. The number of benzene rings is 2. The molecule has 1 heterocycles. The molecule has 2 aromatic carbocycles. The van der Waals surface area contributed by atoms with Gasteiger partial charge >= 0.3 is 0 Å². The van der Waals surface area contributed by atoms with Crippen LogP contribution in [-0.4, -0.2) is 0 Å². The quantitative estimate of drug-likeness (QED) is 0.348. The summed E-state index contributed by atoms with van der Waals surface area (Å²) in [5.41, 5.74) is 6.56. The Kier molecular flexibility index (Phi) is 4.83. The zero-order valence-corrected chi connectivity index (χ0v) is 16.2. The Labute approximate surface area is 160 Å². The Morgan fingerprint density at radius 1 is 0.885 bits per heavy atom. The molecule has 1 aliphatic rings. The van der Waals surface area contributed by atoms with Crippen LogP contribution >= 0.6 is 11.3 Å². The van der Waals surface area contributed by atoms with Gasteiger partial charge in [0, 0.05) is 40.0 Å². The average molecular weight is 355 g/mol. The molecule has 0 fully saturated rings. The van der Waals surface area contributed by atoms with Crippen LogP contribution in [0.4, 0.5) is 0 Å². The van der Waals surface area contributed by atoms with E-state index < -0.39 is 0 Å². The van der Waals surface area contributed by atoms with Crippen molar-refractivity contribution < 1.29 is 0 Å². The average Bonchev–Trinajstić information content (AvgIpc) is 3.17. The van der Waals surface area contributed by atoms with Crippen LogP contribution in [0.3, 0.4) is 0 Å². The first-order chi connectivity index (χ1) is 12.8. The summed E-state index contributed by atoms with van der Waals surface area (Å²) < 4.78 is 1.36. The van der Waals surface area contributed by atoms with Crippen molar-refractivity contribution in [1.29, 1.82) is 0 Å². The standard InChI is InChI=1S/C25H22S/c1-3-5-7-9-18-11-13-21-20(15-18)17-23-22-14-12-19(10-8-6-4-2)16-24(22)26-25(21)23/h11-16H,3-6,17H2,1-2H3. The summed E-state index contributed by atoms with van der Waals surface area (Å²) in [4.78, 5) is 1.43.